The van der Waals surface area contributed by atoms with Crippen molar-refractivity contribution in [1.29, 1.82) is 5.41 Å². The lowest BCUT2D eigenvalue weighted by atomic mass is 10.1. The molecule has 3 heterocycles. The standard InChI is InChI=1S/C28H24FN5O3/c1-37-21-11-7-18(8-12-21)13-14-31-27(35)22-16-23-26(32-24-4-2-3-15-33(24)28(23)36)34(25(22)30)17-19-5-9-20(29)10-6-19/h2-12,15-16,30H,13-14,17H2,1H3,(H,31,35). The van der Waals surface area contributed by atoms with Crippen LogP contribution in [0.25, 0.3) is 16.7 Å². The average molecular weight is 498 g/mol. The summed E-state index contributed by atoms with van der Waals surface area (Å²) in [5, 5.41) is 11.9. The second-order valence-corrected chi connectivity index (χ2v) is 8.56. The summed E-state index contributed by atoms with van der Waals surface area (Å²) in [4.78, 5) is 31.1. The van der Waals surface area contributed by atoms with Crippen LogP contribution in [0, 0.1) is 11.2 Å². The van der Waals surface area contributed by atoms with Crippen LogP contribution < -0.4 is 21.1 Å². The summed E-state index contributed by atoms with van der Waals surface area (Å²) in [5.41, 5.74) is 2.04. The molecule has 0 atom stereocenters. The maximum absolute atomic E-state index is 13.5. The Morgan fingerprint density at radius 1 is 1.05 bits per heavy atom. The molecular weight excluding hydrogens is 473 g/mol. The molecule has 5 aromatic rings. The maximum Gasteiger partial charge on any atom is 0.267 e. The molecular formula is C28H24FN5O3. The van der Waals surface area contributed by atoms with Crippen LogP contribution in [0.5, 0.6) is 5.75 Å². The van der Waals surface area contributed by atoms with Crippen LogP contribution in [-0.4, -0.2) is 33.5 Å². The number of carbonyl (C=O) groups excluding carboxylic acids is 1. The first-order valence-corrected chi connectivity index (χ1v) is 11.7. The van der Waals surface area contributed by atoms with Gasteiger partial charge >= 0.3 is 0 Å². The zero-order valence-corrected chi connectivity index (χ0v) is 20.1. The number of hydrogen-bond donors (Lipinski definition) is 2. The molecule has 37 heavy (non-hydrogen) atoms. The van der Waals surface area contributed by atoms with Crippen LogP contribution in [0.2, 0.25) is 0 Å². The molecule has 0 aliphatic rings. The number of carbonyl (C=O) groups is 1. The highest BCUT2D eigenvalue weighted by atomic mass is 19.1. The van der Waals surface area contributed by atoms with E-state index < -0.39 is 5.91 Å². The molecule has 8 nitrogen and oxygen atoms in total. The maximum atomic E-state index is 13.5. The van der Waals surface area contributed by atoms with Crippen molar-refractivity contribution in [3.05, 3.63) is 117 Å². The normalized spacial score (nSPS) is 11.1. The van der Waals surface area contributed by atoms with Gasteiger partial charge < -0.3 is 14.6 Å². The van der Waals surface area contributed by atoms with Gasteiger partial charge in [0.1, 0.15) is 28.3 Å². The number of halogens is 1. The molecule has 0 aliphatic heterocycles. The number of aromatic nitrogens is 3. The lowest BCUT2D eigenvalue weighted by molar-refractivity contribution is 0.0951. The fraction of sp³-hybridized carbons (Fsp3) is 0.143. The van der Waals surface area contributed by atoms with Crippen molar-refractivity contribution in [2.45, 2.75) is 13.0 Å². The van der Waals surface area contributed by atoms with E-state index in [0.717, 1.165) is 11.3 Å². The SMILES string of the molecule is COc1ccc(CCNC(=O)c2cc3c(=O)n4ccccc4nc3n(Cc3ccc(F)cc3)c2=N)cc1. The lowest BCUT2D eigenvalue weighted by Gasteiger charge is -2.15. The van der Waals surface area contributed by atoms with Gasteiger partial charge in [-0.2, -0.15) is 0 Å². The molecule has 186 valence electrons. The average Bonchev–Trinajstić information content (AvgIpc) is 2.92. The Kier molecular flexibility index (Phi) is 6.51. The third kappa shape index (κ3) is 4.84. The van der Waals surface area contributed by atoms with E-state index in [0.29, 0.717) is 24.2 Å². The largest absolute Gasteiger partial charge is 0.497 e. The third-order valence-corrected chi connectivity index (χ3v) is 6.18. The van der Waals surface area contributed by atoms with Crippen molar-refractivity contribution in [3.63, 3.8) is 0 Å². The summed E-state index contributed by atoms with van der Waals surface area (Å²) in [6.07, 6.45) is 2.19. The number of pyridine rings is 2. The fourth-order valence-corrected chi connectivity index (χ4v) is 4.19. The molecule has 0 spiro atoms. The lowest BCUT2D eigenvalue weighted by Crippen LogP contribution is -2.35. The molecule has 0 fully saturated rings. The number of rotatable bonds is 7. The number of ether oxygens (including phenoxy) is 1. The predicted molar refractivity (Wildman–Crippen MR) is 137 cm³/mol. The van der Waals surface area contributed by atoms with Gasteiger partial charge in [0.15, 0.2) is 0 Å². The van der Waals surface area contributed by atoms with E-state index in [1.54, 1.807) is 43.6 Å². The van der Waals surface area contributed by atoms with Gasteiger partial charge in [-0.15, -0.1) is 0 Å². The van der Waals surface area contributed by atoms with Crippen molar-refractivity contribution in [3.8, 4) is 5.75 Å². The molecule has 2 aromatic carbocycles. The van der Waals surface area contributed by atoms with Crippen LogP contribution in [-0.2, 0) is 13.0 Å². The Bertz CT molecular complexity index is 1720. The predicted octanol–water partition coefficient (Wildman–Crippen LogP) is 3.30. The Morgan fingerprint density at radius 3 is 2.51 bits per heavy atom. The number of benzene rings is 2. The van der Waals surface area contributed by atoms with Gasteiger partial charge in [0.05, 0.1) is 24.6 Å². The number of amides is 1. The number of nitrogens with one attached hydrogen (secondary N) is 2. The highest BCUT2D eigenvalue weighted by molar-refractivity contribution is 5.96. The molecule has 1 amide bonds. The Morgan fingerprint density at radius 2 is 1.78 bits per heavy atom. The molecule has 5 rings (SSSR count). The smallest absolute Gasteiger partial charge is 0.267 e. The molecule has 3 aromatic heterocycles. The van der Waals surface area contributed by atoms with Crippen LogP contribution in [0.15, 0.2) is 83.8 Å². The van der Waals surface area contributed by atoms with E-state index in [2.05, 4.69) is 10.3 Å². The van der Waals surface area contributed by atoms with E-state index in [1.807, 2.05) is 24.3 Å². The summed E-state index contributed by atoms with van der Waals surface area (Å²) in [5.74, 6) is -0.0937. The molecule has 0 unspecified atom stereocenters. The second-order valence-electron chi connectivity index (χ2n) is 8.56. The number of hydrogen-bond acceptors (Lipinski definition) is 5. The van der Waals surface area contributed by atoms with Crippen molar-refractivity contribution in [1.82, 2.24) is 19.3 Å². The van der Waals surface area contributed by atoms with Crippen molar-refractivity contribution >= 4 is 22.6 Å². The zero-order valence-electron chi connectivity index (χ0n) is 20.1. The van der Waals surface area contributed by atoms with E-state index in [4.69, 9.17) is 10.1 Å². The van der Waals surface area contributed by atoms with Gasteiger partial charge in [-0.25, -0.2) is 9.37 Å². The monoisotopic (exact) mass is 497 g/mol. The second kappa shape index (κ2) is 10.1. The van der Waals surface area contributed by atoms with Gasteiger partial charge in [0, 0.05) is 12.7 Å². The molecule has 0 saturated heterocycles. The van der Waals surface area contributed by atoms with Gasteiger partial charge in [-0.05, 0) is 60.0 Å². The Balaban J connectivity index is 1.54. The zero-order chi connectivity index (χ0) is 25.9. The van der Waals surface area contributed by atoms with Crippen molar-refractivity contribution < 1.29 is 13.9 Å². The highest BCUT2D eigenvalue weighted by Crippen LogP contribution is 2.14. The molecule has 9 heteroatoms. The van der Waals surface area contributed by atoms with Crippen LogP contribution in [0.1, 0.15) is 21.5 Å². The van der Waals surface area contributed by atoms with E-state index in [-0.39, 0.29) is 40.0 Å². The number of methoxy groups -OCH3 is 1. The minimum Gasteiger partial charge on any atom is -0.497 e. The fourth-order valence-electron chi connectivity index (χ4n) is 4.19. The first kappa shape index (κ1) is 23.9. The number of fused-ring (bicyclic) bond motifs is 2. The van der Waals surface area contributed by atoms with Crippen LogP contribution in [0.3, 0.4) is 0 Å². The van der Waals surface area contributed by atoms with E-state index >= 15 is 0 Å². The van der Waals surface area contributed by atoms with Gasteiger partial charge in [-0.3, -0.25) is 19.4 Å². The summed E-state index contributed by atoms with van der Waals surface area (Å²) in [6.45, 7) is 0.480. The molecule has 0 bridgehead atoms. The Labute approximate surface area is 211 Å². The Hall–Kier alpha value is -4.79. The summed E-state index contributed by atoms with van der Waals surface area (Å²) in [7, 11) is 1.60. The third-order valence-electron chi connectivity index (χ3n) is 6.18. The van der Waals surface area contributed by atoms with Gasteiger partial charge in [-0.1, -0.05) is 30.3 Å². The molecule has 0 radical (unpaired) electrons. The summed E-state index contributed by atoms with van der Waals surface area (Å²) in [6, 6.07) is 20.0. The molecule has 2 N–H and O–H groups in total. The van der Waals surface area contributed by atoms with E-state index in [9.17, 15) is 14.0 Å². The molecule has 0 saturated carbocycles. The van der Waals surface area contributed by atoms with Crippen LogP contribution in [0.4, 0.5) is 4.39 Å². The number of nitrogens with zero attached hydrogens (tertiary/aromatic N) is 3. The first-order valence-electron chi connectivity index (χ1n) is 11.7. The quantitative estimate of drug-likeness (QED) is 0.337. The minimum atomic E-state index is -0.467. The van der Waals surface area contributed by atoms with Crippen molar-refractivity contribution in [2.75, 3.05) is 13.7 Å². The first-order chi connectivity index (χ1) is 17.9. The van der Waals surface area contributed by atoms with Crippen LogP contribution >= 0.6 is 0 Å². The van der Waals surface area contributed by atoms with Gasteiger partial charge in [0.2, 0.25) is 0 Å². The summed E-state index contributed by atoms with van der Waals surface area (Å²) < 4.78 is 21.6. The van der Waals surface area contributed by atoms with E-state index in [1.165, 1.54) is 27.2 Å². The van der Waals surface area contributed by atoms with Crippen molar-refractivity contribution in [2.24, 2.45) is 0 Å². The van der Waals surface area contributed by atoms with Gasteiger partial charge in [0.25, 0.3) is 11.5 Å². The molecule has 0 aliphatic carbocycles. The topological polar surface area (TPSA) is 101 Å². The minimum absolute atomic E-state index is 0.0547. The highest BCUT2D eigenvalue weighted by Gasteiger charge is 2.18. The summed E-state index contributed by atoms with van der Waals surface area (Å²) >= 11 is 0.